The molecule has 37 heavy (non-hydrogen) atoms. The van der Waals surface area contributed by atoms with Crippen molar-refractivity contribution in [3.05, 3.63) is 101 Å². The molecule has 0 spiro atoms. The average molecular weight is 511 g/mol. The van der Waals surface area contributed by atoms with Gasteiger partial charge in [0.1, 0.15) is 5.70 Å². The third kappa shape index (κ3) is 8.34. The minimum absolute atomic E-state index is 0.0570. The Labute approximate surface area is 211 Å². The molecule has 3 aromatic rings. The number of hydrogen-bond donors (Lipinski definition) is 3. The lowest BCUT2D eigenvalue weighted by Gasteiger charge is -2.12. The summed E-state index contributed by atoms with van der Waals surface area (Å²) in [5.41, 5.74) is 1.04. The fourth-order valence-electron chi connectivity index (χ4n) is 3.47. The second-order valence-corrected chi connectivity index (χ2v) is 8.19. The summed E-state index contributed by atoms with van der Waals surface area (Å²) in [7, 11) is 0. The van der Waals surface area contributed by atoms with Gasteiger partial charge in [0, 0.05) is 18.5 Å². The number of aliphatic carboxylic acids is 1. The molecule has 3 rings (SSSR count). The molecule has 0 aliphatic carbocycles. The zero-order valence-corrected chi connectivity index (χ0v) is 19.7. The quantitative estimate of drug-likeness (QED) is 0.247. The zero-order valence-electron chi connectivity index (χ0n) is 19.7. The minimum Gasteiger partial charge on any atom is -0.481 e. The molecule has 0 bridgehead atoms. The van der Waals surface area contributed by atoms with Gasteiger partial charge in [0.25, 0.3) is 11.8 Å². The highest BCUT2D eigenvalue weighted by Crippen LogP contribution is 2.30. The maximum atomic E-state index is 13.1. The van der Waals surface area contributed by atoms with Gasteiger partial charge >= 0.3 is 12.1 Å². The number of halogens is 3. The third-order valence-corrected chi connectivity index (χ3v) is 5.37. The first kappa shape index (κ1) is 27.2. The first-order chi connectivity index (χ1) is 17.6. The molecule has 0 radical (unpaired) electrons. The van der Waals surface area contributed by atoms with Crippen LogP contribution in [0.15, 0.2) is 84.6 Å². The lowest BCUT2D eigenvalue weighted by molar-refractivity contribution is -0.138. The highest BCUT2D eigenvalue weighted by molar-refractivity contribution is 6.05. The van der Waals surface area contributed by atoms with E-state index in [1.807, 2.05) is 30.3 Å². The topological polar surface area (TPSA) is 95.5 Å². The van der Waals surface area contributed by atoms with Crippen LogP contribution in [0.2, 0.25) is 0 Å². The maximum Gasteiger partial charge on any atom is 0.416 e. The van der Waals surface area contributed by atoms with E-state index in [1.54, 1.807) is 24.3 Å². The monoisotopic (exact) mass is 510 g/mol. The fourth-order valence-corrected chi connectivity index (χ4v) is 3.47. The normalized spacial score (nSPS) is 11.6. The van der Waals surface area contributed by atoms with Gasteiger partial charge in [-0.2, -0.15) is 13.2 Å². The summed E-state index contributed by atoms with van der Waals surface area (Å²) in [5.74, 6) is -2.28. The number of unbranched alkanes of at least 4 members (excludes halogenated alkanes) is 1. The summed E-state index contributed by atoms with van der Waals surface area (Å²) < 4.78 is 39.4. The molecule has 9 heteroatoms. The van der Waals surface area contributed by atoms with Gasteiger partial charge in [0.15, 0.2) is 0 Å². The molecule has 0 saturated carbocycles. The van der Waals surface area contributed by atoms with Crippen molar-refractivity contribution in [2.75, 3.05) is 6.54 Å². The van der Waals surface area contributed by atoms with E-state index < -0.39 is 29.5 Å². The van der Waals surface area contributed by atoms with Crippen LogP contribution in [-0.2, 0) is 15.8 Å². The number of alkyl halides is 3. The third-order valence-electron chi connectivity index (χ3n) is 5.37. The Morgan fingerprint density at radius 2 is 1.51 bits per heavy atom. The molecule has 0 atom stereocenters. The van der Waals surface area contributed by atoms with Crippen molar-refractivity contribution in [3.8, 4) is 11.1 Å². The van der Waals surface area contributed by atoms with Gasteiger partial charge in [0.05, 0.1) is 5.56 Å². The number of rotatable bonds is 10. The van der Waals surface area contributed by atoms with Gasteiger partial charge in [-0.15, -0.1) is 0 Å². The number of nitrogens with one attached hydrogen (secondary N) is 2. The first-order valence-electron chi connectivity index (χ1n) is 11.5. The predicted molar refractivity (Wildman–Crippen MR) is 133 cm³/mol. The van der Waals surface area contributed by atoms with Gasteiger partial charge in [-0.1, -0.05) is 54.6 Å². The lowest BCUT2D eigenvalue weighted by Crippen LogP contribution is -2.35. The number of carbonyl (C=O) groups excluding carboxylic acids is 2. The van der Waals surface area contributed by atoms with Gasteiger partial charge < -0.3 is 15.7 Å². The molecule has 0 unspecified atom stereocenters. The molecule has 0 saturated heterocycles. The van der Waals surface area contributed by atoms with Crippen LogP contribution in [0.5, 0.6) is 0 Å². The van der Waals surface area contributed by atoms with Crippen LogP contribution in [0.25, 0.3) is 17.2 Å². The minimum atomic E-state index is -4.57. The SMILES string of the molecule is O=C(O)CCCCNC(=O)C(=Cc1cccc(C(F)(F)F)c1)NC(=O)c1ccc(-c2ccccc2)cc1. The van der Waals surface area contributed by atoms with E-state index in [2.05, 4.69) is 10.6 Å². The zero-order chi connectivity index (χ0) is 26.8. The van der Waals surface area contributed by atoms with Crippen LogP contribution in [-0.4, -0.2) is 29.4 Å². The molecule has 0 fully saturated rings. The van der Waals surface area contributed by atoms with Crippen LogP contribution in [0.4, 0.5) is 13.2 Å². The predicted octanol–water partition coefficient (Wildman–Crippen LogP) is 5.51. The van der Waals surface area contributed by atoms with Crippen molar-refractivity contribution in [3.63, 3.8) is 0 Å². The number of carboxylic acid groups (broad SMARTS) is 1. The first-order valence-corrected chi connectivity index (χ1v) is 11.5. The Morgan fingerprint density at radius 3 is 2.16 bits per heavy atom. The van der Waals surface area contributed by atoms with Gasteiger partial charge in [-0.3, -0.25) is 14.4 Å². The number of hydrogen-bond acceptors (Lipinski definition) is 3. The largest absolute Gasteiger partial charge is 0.481 e. The molecule has 3 aromatic carbocycles. The summed E-state index contributed by atoms with van der Waals surface area (Å²) in [5, 5.41) is 13.8. The van der Waals surface area contributed by atoms with Crippen molar-refractivity contribution < 1.29 is 32.7 Å². The molecule has 192 valence electrons. The maximum absolute atomic E-state index is 13.1. The second-order valence-electron chi connectivity index (χ2n) is 8.19. The van der Waals surface area contributed by atoms with Crippen LogP contribution in [0.1, 0.15) is 40.7 Å². The molecular weight excluding hydrogens is 485 g/mol. The Morgan fingerprint density at radius 1 is 0.838 bits per heavy atom. The van der Waals surface area contributed by atoms with Crippen LogP contribution >= 0.6 is 0 Å². The highest BCUT2D eigenvalue weighted by atomic mass is 19.4. The Balaban J connectivity index is 1.79. The smallest absolute Gasteiger partial charge is 0.416 e. The van der Waals surface area contributed by atoms with E-state index in [4.69, 9.17) is 5.11 Å². The Hall–Kier alpha value is -4.40. The van der Waals surface area contributed by atoms with Crippen molar-refractivity contribution in [2.24, 2.45) is 0 Å². The van der Waals surface area contributed by atoms with Gasteiger partial charge in [-0.05, 0) is 59.9 Å². The Kier molecular flexibility index (Phi) is 9.21. The molecule has 6 nitrogen and oxygen atoms in total. The molecule has 0 aromatic heterocycles. The van der Waals surface area contributed by atoms with E-state index in [0.717, 1.165) is 29.3 Å². The molecule has 0 aliphatic heterocycles. The average Bonchev–Trinajstić information content (AvgIpc) is 2.88. The molecule has 0 aliphatic rings. The van der Waals surface area contributed by atoms with Gasteiger partial charge in [0.2, 0.25) is 0 Å². The highest BCUT2D eigenvalue weighted by Gasteiger charge is 2.30. The number of amides is 2. The standard InChI is InChI=1S/C28H25F3N2O4/c29-28(30,31)23-10-6-7-19(17-23)18-24(27(37)32-16-5-4-11-25(34)35)33-26(36)22-14-12-21(13-15-22)20-8-2-1-3-9-20/h1-3,6-10,12-15,17-18H,4-5,11,16H2,(H,32,37)(H,33,36)(H,34,35). The fraction of sp³-hybridized carbons (Fsp3) is 0.179. The summed E-state index contributed by atoms with van der Waals surface area (Å²) >= 11 is 0. The van der Waals surface area contributed by atoms with E-state index >= 15 is 0 Å². The van der Waals surface area contributed by atoms with Gasteiger partial charge in [-0.25, -0.2) is 0 Å². The molecular formula is C28H25F3N2O4. The molecule has 0 heterocycles. The van der Waals surface area contributed by atoms with Crippen molar-refractivity contribution in [2.45, 2.75) is 25.4 Å². The lowest BCUT2D eigenvalue weighted by atomic mass is 10.0. The second kappa shape index (κ2) is 12.5. The summed E-state index contributed by atoms with van der Waals surface area (Å²) in [4.78, 5) is 36.3. The van der Waals surface area contributed by atoms with E-state index in [9.17, 15) is 27.6 Å². The number of carbonyl (C=O) groups is 3. The summed E-state index contributed by atoms with van der Waals surface area (Å²) in [6.07, 6.45) is -2.75. The van der Waals surface area contributed by atoms with Crippen LogP contribution in [0.3, 0.4) is 0 Å². The summed E-state index contributed by atoms with van der Waals surface area (Å²) in [6.45, 7) is 0.133. The van der Waals surface area contributed by atoms with E-state index in [0.29, 0.717) is 12.8 Å². The molecule has 2 amide bonds. The molecule has 3 N–H and O–H groups in total. The number of carboxylic acids is 1. The van der Waals surface area contributed by atoms with Crippen LogP contribution in [0, 0.1) is 0 Å². The van der Waals surface area contributed by atoms with Crippen molar-refractivity contribution >= 4 is 23.9 Å². The Bertz CT molecular complexity index is 1270. The van der Waals surface area contributed by atoms with E-state index in [-0.39, 0.29) is 29.8 Å². The van der Waals surface area contributed by atoms with Crippen molar-refractivity contribution in [1.29, 1.82) is 0 Å². The van der Waals surface area contributed by atoms with E-state index in [1.165, 1.54) is 12.1 Å². The van der Waals surface area contributed by atoms with Crippen LogP contribution < -0.4 is 10.6 Å². The summed E-state index contributed by atoms with van der Waals surface area (Å²) in [6, 6.07) is 20.6. The van der Waals surface area contributed by atoms with Crippen molar-refractivity contribution in [1.82, 2.24) is 10.6 Å². The number of benzene rings is 3.